The van der Waals surface area contributed by atoms with Crippen molar-refractivity contribution in [2.45, 2.75) is 12.4 Å². The van der Waals surface area contributed by atoms with Gasteiger partial charge >= 0.3 is 0 Å². The molecule has 1 fully saturated rings. The average molecular weight is 296 g/mol. The normalized spacial score (nSPS) is 19.6. The zero-order valence-corrected chi connectivity index (χ0v) is 12.5. The van der Waals surface area contributed by atoms with E-state index < -0.39 is 0 Å². The molecule has 2 aromatic rings. The molecule has 0 aliphatic carbocycles. The lowest BCUT2D eigenvalue weighted by Crippen LogP contribution is -2.30. The van der Waals surface area contributed by atoms with Crippen molar-refractivity contribution in [2.75, 3.05) is 5.32 Å². The number of para-hydroxylation sites is 1. The number of nitrogens with one attached hydrogen (secondary N) is 2. The minimum Gasteiger partial charge on any atom is -0.357 e. The number of benzene rings is 2. The standard InChI is InChI=1S/C17H16N2OS/c1-12-7-9-13(10-8-12)11-15-16(20)19-17(21-15)18-14-5-3-2-4-6-14/h2-11,17-18H,1H3,(H,19,20). The van der Waals surface area contributed by atoms with Gasteiger partial charge in [0.15, 0.2) is 5.50 Å². The van der Waals surface area contributed by atoms with Gasteiger partial charge in [0.2, 0.25) is 0 Å². The molecule has 2 aromatic carbocycles. The molecule has 0 aromatic heterocycles. The van der Waals surface area contributed by atoms with Crippen molar-refractivity contribution in [3.63, 3.8) is 0 Å². The molecule has 1 amide bonds. The number of hydrogen-bond acceptors (Lipinski definition) is 3. The Balaban J connectivity index is 1.71. The molecule has 4 heteroatoms. The van der Waals surface area contributed by atoms with E-state index in [4.69, 9.17) is 0 Å². The number of thioether (sulfide) groups is 1. The van der Waals surface area contributed by atoms with Crippen molar-refractivity contribution in [3.8, 4) is 0 Å². The van der Waals surface area contributed by atoms with Crippen LogP contribution in [0.4, 0.5) is 5.69 Å². The highest BCUT2D eigenvalue weighted by Crippen LogP contribution is 2.30. The number of carbonyl (C=O) groups is 1. The molecule has 3 rings (SSSR count). The number of anilines is 1. The molecule has 1 unspecified atom stereocenters. The third-order valence-corrected chi connectivity index (χ3v) is 4.21. The Morgan fingerprint density at radius 3 is 2.52 bits per heavy atom. The van der Waals surface area contributed by atoms with E-state index >= 15 is 0 Å². The highest BCUT2D eigenvalue weighted by atomic mass is 32.2. The molecule has 1 aliphatic rings. The lowest BCUT2D eigenvalue weighted by Gasteiger charge is -2.12. The molecule has 2 N–H and O–H groups in total. The Kier molecular flexibility index (Phi) is 3.97. The van der Waals surface area contributed by atoms with E-state index in [-0.39, 0.29) is 11.4 Å². The highest BCUT2D eigenvalue weighted by Gasteiger charge is 2.26. The zero-order valence-electron chi connectivity index (χ0n) is 11.7. The fraction of sp³-hybridized carbons (Fsp3) is 0.118. The summed E-state index contributed by atoms with van der Waals surface area (Å²) in [6, 6.07) is 18.0. The molecule has 0 spiro atoms. The molecule has 0 radical (unpaired) electrons. The smallest absolute Gasteiger partial charge is 0.260 e. The molecule has 1 heterocycles. The number of rotatable bonds is 3. The SMILES string of the molecule is Cc1ccc(C=C2SC(Nc3ccccc3)NC2=O)cc1. The maximum Gasteiger partial charge on any atom is 0.260 e. The van der Waals surface area contributed by atoms with Gasteiger partial charge in [0.05, 0.1) is 4.91 Å². The first kappa shape index (κ1) is 13.8. The topological polar surface area (TPSA) is 41.1 Å². The number of aryl methyl sites for hydroxylation is 1. The van der Waals surface area contributed by atoms with Crippen molar-refractivity contribution in [1.82, 2.24) is 5.32 Å². The minimum atomic E-state index is -0.128. The van der Waals surface area contributed by atoms with Gasteiger partial charge in [-0.15, -0.1) is 0 Å². The quantitative estimate of drug-likeness (QED) is 0.850. The van der Waals surface area contributed by atoms with E-state index in [1.807, 2.05) is 67.6 Å². The van der Waals surface area contributed by atoms with Crippen LogP contribution in [0, 0.1) is 6.92 Å². The summed E-state index contributed by atoms with van der Waals surface area (Å²) < 4.78 is 0. The third kappa shape index (κ3) is 3.47. The van der Waals surface area contributed by atoms with E-state index in [0.29, 0.717) is 0 Å². The number of hydrogen-bond donors (Lipinski definition) is 2. The van der Waals surface area contributed by atoms with Gasteiger partial charge in [-0.2, -0.15) is 0 Å². The lowest BCUT2D eigenvalue weighted by molar-refractivity contribution is -0.116. The summed E-state index contributed by atoms with van der Waals surface area (Å²) in [6.45, 7) is 2.05. The van der Waals surface area contributed by atoms with Crippen LogP contribution in [0.1, 0.15) is 11.1 Å². The Morgan fingerprint density at radius 2 is 1.81 bits per heavy atom. The number of amides is 1. The summed E-state index contributed by atoms with van der Waals surface area (Å²) in [5.74, 6) is -0.0333. The van der Waals surface area contributed by atoms with Gasteiger partial charge in [0, 0.05) is 5.69 Å². The third-order valence-electron chi connectivity index (χ3n) is 3.18. The minimum absolute atomic E-state index is 0.0333. The second-order valence-electron chi connectivity index (χ2n) is 4.90. The van der Waals surface area contributed by atoms with Gasteiger partial charge in [-0.25, -0.2) is 0 Å². The van der Waals surface area contributed by atoms with Crippen molar-refractivity contribution < 1.29 is 4.79 Å². The van der Waals surface area contributed by atoms with E-state index in [9.17, 15) is 4.79 Å². The van der Waals surface area contributed by atoms with Crippen molar-refractivity contribution in [1.29, 1.82) is 0 Å². The summed E-state index contributed by atoms with van der Waals surface area (Å²) in [5, 5.41) is 6.22. The zero-order chi connectivity index (χ0) is 14.7. The van der Waals surface area contributed by atoms with Crippen molar-refractivity contribution >= 4 is 29.4 Å². The Morgan fingerprint density at radius 1 is 1.10 bits per heavy atom. The Labute approximate surface area is 128 Å². The van der Waals surface area contributed by atoms with Gasteiger partial charge in [-0.3, -0.25) is 4.79 Å². The molecule has 1 saturated heterocycles. The van der Waals surface area contributed by atoms with Crippen LogP contribution in [0.2, 0.25) is 0 Å². The second kappa shape index (κ2) is 6.06. The van der Waals surface area contributed by atoms with Crippen molar-refractivity contribution in [3.05, 3.63) is 70.6 Å². The predicted octanol–water partition coefficient (Wildman–Crippen LogP) is 3.59. The first-order valence-corrected chi connectivity index (χ1v) is 7.66. The summed E-state index contributed by atoms with van der Waals surface area (Å²) in [5.41, 5.74) is 3.12. The van der Waals surface area contributed by atoms with Crippen LogP contribution in [-0.2, 0) is 4.79 Å². The van der Waals surface area contributed by atoms with E-state index in [2.05, 4.69) is 10.6 Å². The van der Waals surface area contributed by atoms with Crippen LogP contribution in [0.5, 0.6) is 0 Å². The van der Waals surface area contributed by atoms with Crippen LogP contribution in [0.15, 0.2) is 59.5 Å². The molecular formula is C17H16N2OS. The fourth-order valence-corrected chi connectivity index (χ4v) is 3.05. The van der Waals surface area contributed by atoms with E-state index in [1.165, 1.54) is 17.3 Å². The van der Waals surface area contributed by atoms with Gasteiger partial charge in [-0.1, -0.05) is 59.8 Å². The number of carbonyl (C=O) groups excluding carboxylic acids is 1. The van der Waals surface area contributed by atoms with Crippen LogP contribution in [-0.4, -0.2) is 11.4 Å². The summed E-state index contributed by atoms with van der Waals surface area (Å²) in [4.78, 5) is 12.7. The van der Waals surface area contributed by atoms with E-state index in [1.54, 1.807) is 0 Å². The van der Waals surface area contributed by atoms with Gasteiger partial charge < -0.3 is 10.6 Å². The van der Waals surface area contributed by atoms with Gasteiger partial charge in [0.25, 0.3) is 5.91 Å². The molecule has 0 bridgehead atoms. The summed E-state index contributed by atoms with van der Waals surface area (Å²) in [6.07, 6.45) is 1.92. The Hall–Kier alpha value is -2.20. The first-order valence-electron chi connectivity index (χ1n) is 6.78. The van der Waals surface area contributed by atoms with Crippen LogP contribution < -0.4 is 10.6 Å². The molecule has 1 aliphatic heterocycles. The van der Waals surface area contributed by atoms with E-state index in [0.717, 1.165) is 16.2 Å². The molecule has 106 valence electrons. The van der Waals surface area contributed by atoms with Gasteiger partial charge in [0.1, 0.15) is 0 Å². The second-order valence-corrected chi connectivity index (χ2v) is 6.05. The molecular weight excluding hydrogens is 280 g/mol. The van der Waals surface area contributed by atoms with Crippen molar-refractivity contribution in [2.24, 2.45) is 0 Å². The molecule has 1 atom stereocenters. The molecule has 21 heavy (non-hydrogen) atoms. The summed E-state index contributed by atoms with van der Waals surface area (Å²) >= 11 is 1.50. The van der Waals surface area contributed by atoms with Crippen LogP contribution in [0.25, 0.3) is 6.08 Å². The maximum atomic E-state index is 12.0. The van der Waals surface area contributed by atoms with Crippen LogP contribution >= 0.6 is 11.8 Å². The molecule has 0 saturated carbocycles. The predicted molar refractivity (Wildman–Crippen MR) is 88.7 cm³/mol. The van der Waals surface area contributed by atoms with Gasteiger partial charge in [-0.05, 0) is 30.7 Å². The average Bonchev–Trinajstić information content (AvgIpc) is 2.82. The Bertz CT molecular complexity index is 665. The monoisotopic (exact) mass is 296 g/mol. The highest BCUT2D eigenvalue weighted by molar-refractivity contribution is 8.05. The van der Waals surface area contributed by atoms with Crippen LogP contribution in [0.3, 0.4) is 0 Å². The molecule has 3 nitrogen and oxygen atoms in total. The lowest BCUT2D eigenvalue weighted by atomic mass is 10.1. The maximum absolute atomic E-state index is 12.0. The fourth-order valence-electron chi connectivity index (χ4n) is 2.07. The first-order chi connectivity index (χ1) is 10.2. The largest absolute Gasteiger partial charge is 0.357 e. The summed E-state index contributed by atoms with van der Waals surface area (Å²) in [7, 11) is 0.